The molecule has 1 fully saturated rings. The maximum absolute atomic E-state index is 11.8. The van der Waals surface area contributed by atoms with Gasteiger partial charge in [0.25, 0.3) is 0 Å². The topological polar surface area (TPSA) is 139 Å². The highest BCUT2D eigenvalue weighted by molar-refractivity contribution is 5.80. The van der Waals surface area contributed by atoms with Crippen molar-refractivity contribution in [2.75, 3.05) is 20.2 Å². The summed E-state index contributed by atoms with van der Waals surface area (Å²) in [5, 5.41) is 7.71. The van der Waals surface area contributed by atoms with E-state index in [1.807, 2.05) is 34.6 Å². The maximum Gasteiger partial charge on any atom is 0.335 e. The van der Waals surface area contributed by atoms with Gasteiger partial charge in [-0.05, 0) is 80.7 Å². The Morgan fingerprint density at radius 1 is 0.973 bits per heavy atom. The molecule has 1 heterocycles. The molecule has 0 bridgehead atoms. The fraction of sp³-hybridized carbons (Fsp3) is 0.929. The quantitative estimate of drug-likeness (QED) is 0.247. The van der Waals surface area contributed by atoms with Crippen molar-refractivity contribution in [1.29, 1.82) is 0 Å². The lowest BCUT2D eigenvalue weighted by Crippen LogP contribution is -2.46. The number of nitrogens with two attached hydrogens (primary N) is 2. The summed E-state index contributed by atoms with van der Waals surface area (Å²) in [4.78, 5) is 23.2. The summed E-state index contributed by atoms with van der Waals surface area (Å²) in [6, 6.07) is 0. The number of hydrogen-bond donors (Lipinski definition) is 2. The zero-order valence-corrected chi connectivity index (χ0v) is 25.9. The van der Waals surface area contributed by atoms with Crippen molar-refractivity contribution in [3.63, 3.8) is 0 Å². The summed E-state index contributed by atoms with van der Waals surface area (Å²) < 4.78 is 15.4. The molecule has 3 atom stereocenters. The van der Waals surface area contributed by atoms with Crippen LogP contribution in [0, 0.1) is 0 Å². The van der Waals surface area contributed by atoms with Crippen molar-refractivity contribution in [3.05, 3.63) is 0 Å². The van der Waals surface area contributed by atoms with Crippen molar-refractivity contribution in [2.45, 2.75) is 150 Å². The number of rotatable bonds is 11. The van der Waals surface area contributed by atoms with Gasteiger partial charge in [0.1, 0.15) is 5.54 Å². The molecule has 0 aliphatic carbocycles. The molecule has 222 valence electrons. The molecule has 37 heavy (non-hydrogen) atoms. The van der Waals surface area contributed by atoms with Gasteiger partial charge < -0.3 is 25.7 Å². The van der Waals surface area contributed by atoms with Crippen molar-refractivity contribution in [1.82, 2.24) is 0 Å². The normalized spacial score (nSPS) is 17.9. The first kappa shape index (κ1) is 39.9. The minimum atomic E-state index is -0.819. The van der Waals surface area contributed by atoms with Crippen LogP contribution in [0.25, 0.3) is 0 Å². The molecule has 0 spiro atoms. The van der Waals surface area contributed by atoms with Gasteiger partial charge in [-0.2, -0.15) is 10.2 Å². The minimum Gasteiger partial charge on any atom is -0.462 e. The maximum atomic E-state index is 11.8. The van der Waals surface area contributed by atoms with Crippen molar-refractivity contribution in [2.24, 2.45) is 21.7 Å². The number of hydrogen-bond acceptors (Lipinski definition) is 9. The first-order chi connectivity index (χ1) is 17.2. The average Bonchev–Trinajstić information content (AvgIpc) is 3.28. The van der Waals surface area contributed by atoms with Gasteiger partial charge in [0.15, 0.2) is 5.54 Å². The van der Waals surface area contributed by atoms with Crippen LogP contribution in [0.1, 0.15) is 121 Å². The number of carbonyl (C=O) groups is 2. The first-order valence-corrected chi connectivity index (χ1v) is 14.0. The Labute approximate surface area is 227 Å². The van der Waals surface area contributed by atoms with Gasteiger partial charge >= 0.3 is 11.9 Å². The smallest absolute Gasteiger partial charge is 0.335 e. The van der Waals surface area contributed by atoms with Crippen LogP contribution in [0.15, 0.2) is 10.2 Å². The van der Waals surface area contributed by atoms with Crippen molar-refractivity contribution in [3.8, 4) is 0 Å². The Hall–Kier alpha value is -1.58. The minimum absolute atomic E-state index is 0.0861. The van der Waals surface area contributed by atoms with Crippen LogP contribution < -0.4 is 11.5 Å². The molecule has 4 N–H and O–H groups in total. The van der Waals surface area contributed by atoms with E-state index in [1.165, 1.54) is 12.8 Å². The van der Waals surface area contributed by atoms with E-state index in [2.05, 4.69) is 31.0 Å². The van der Waals surface area contributed by atoms with Gasteiger partial charge in [-0.25, -0.2) is 4.79 Å². The first-order valence-electron chi connectivity index (χ1n) is 14.0. The second-order valence-corrected chi connectivity index (χ2v) is 10.3. The standard InChI is InChI=1S/C11H22N2O2.C10H21NO2.C5H10O.C2H7N/c1-6-7-8-11(4,13-12-5)10(14)15-9(2)3;1-5-6-7-10(4,11)9(12)13-8(2)3;1-5-3-2-4-6-5;1-2-3/h9H,6-8H2,1-5H3;8H,5-7,11H2,1-4H3;5H,2-4H2,1H3;2-3H2,1H3/t11-;;;/m1.../s1. The second-order valence-electron chi connectivity index (χ2n) is 10.3. The van der Waals surface area contributed by atoms with Crippen LogP contribution in [0.4, 0.5) is 0 Å². The Kier molecular flexibility index (Phi) is 25.4. The fourth-order valence-electron chi connectivity index (χ4n) is 3.01. The highest BCUT2D eigenvalue weighted by atomic mass is 16.5. The number of unbranched alkanes of at least 4 members (excludes halogenated alkanes) is 2. The van der Waals surface area contributed by atoms with E-state index < -0.39 is 11.1 Å². The van der Waals surface area contributed by atoms with Crippen LogP contribution in [0.5, 0.6) is 0 Å². The van der Waals surface area contributed by atoms with Crippen LogP contribution in [-0.4, -0.2) is 61.5 Å². The molecule has 1 rings (SSSR count). The molecular weight excluding hydrogens is 472 g/mol. The molecule has 0 aromatic carbocycles. The molecule has 0 aromatic rings. The Morgan fingerprint density at radius 3 is 1.76 bits per heavy atom. The average molecular weight is 533 g/mol. The fourth-order valence-corrected chi connectivity index (χ4v) is 3.01. The van der Waals surface area contributed by atoms with E-state index in [-0.39, 0.29) is 24.1 Å². The monoisotopic (exact) mass is 532 g/mol. The van der Waals surface area contributed by atoms with Gasteiger partial charge in [0.2, 0.25) is 0 Å². The number of carbonyl (C=O) groups excluding carboxylic acids is 2. The molecule has 9 nitrogen and oxygen atoms in total. The zero-order valence-electron chi connectivity index (χ0n) is 25.9. The lowest BCUT2D eigenvalue weighted by atomic mass is 9.96. The SMILES string of the molecule is CC1CCCO1.CCCCC(C)(N)C(=O)OC(C)C.CCCC[C@@](C)(N=NC)C(=O)OC(C)C.CCN. The number of ether oxygens (including phenoxy) is 3. The summed E-state index contributed by atoms with van der Waals surface area (Å²) in [5.41, 5.74) is 9.04. The predicted octanol–water partition coefficient (Wildman–Crippen LogP) is 5.96. The van der Waals surface area contributed by atoms with E-state index in [9.17, 15) is 9.59 Å². The van der Waals surface area contributed by atoms with Crippen LogP contribution in [0.3, 0.4) is 0 Å². The predicted molar refractivity (Wildman–Crippen MR) is 153 cm³/mol. The van der Waals surface area contributed by atoms with Crippen LogP contribution in [0.2, 0.25) is 0 Å². The molecule has 0 aromatic heterocycles. The molecule has 0 amide bonds. The van der Waals surface area contributed by atoms with Crippen molar-refractivity contribution < 1.29 is 23.8 Å². The third kappa shape index (κ3) is 23.3. The summed E-state index contributed by atoms with van der Waals surface area (Å²) in [5.74, 6) is -0.576. The summed E-state index contributed by atoms with van der Waals surface area (Å²) >= 11 is 0. The van der Waals surface area contributed by atoms with E-state index >= 15 is 0 Å². The molecular formula is C28H60N4O5. The Balaban J connectivity index is -0.000000472. The molecule has 1 aliphatic rings. The summed E-state index contributed by atoms with van der Waals surface area (Å²) in [7, 11) is 1.58. The number of esters is 2. The third-order valence-electron chi connectivity index (χ3n) is 5.14. The molecule has 9 heteroatoms. The lowest BCUT2D eigenvalue weighted by molar-refractivity contribution is -0.154. The molecule has 1 aliphatic heterocycles. The van der Waals surface area contributed by atoms with Crippen LogP contribution in [-0.2, 0) is 23.8 Å². The molecule has 0 radical (unpaired) electrons. The highest BCUT2D eigenvalue weighted by Gasteiger charge is 2.35. The number of azo groups is 1. The van der Waals surface area contributed by atoms with Gasteiger partial charge in [-0.1, -0.05) is 46.5 Å². The Morgan fingerprint density at radius 2 is 1.43 bits per heavy atom. The van der Waals surface area contributed by atoms with E-state index in [0.717, 1.165) is 38.8 Å². The summed E-state index contributed by atoms with van der Waals surface area (Å²) in [6.07, 6.45) is 8.24. The third-order valence-corrected chi connectivity index (χ3v) is 5.14. The van der Waals surface area contributed by atoms with Gasteiger partial charge in [0.05, 0.1) is 18.3 Å². The summed E-state index contributed by atoms with van der Waals surface area (Å²) in [6.45, 7) is 20.7. The van der Waals surface area contributed by atoms with E-state index in [1.54, 1.807) is 20.9 Å². The zero-order chi connectivity index (χ0) is 29.5. The van der Waals surface area contributed by atoms with E-state index in [4.69, 9.17) is 25.7 Å². The number of nitrogens with zero attached hydrogens (tertiary/aromatic N) is 2. The van der Waals surface area contributed by atoms with Gasteiger partial charge in [0, 0.05) is 13.7 Å². The lowest BCUT2D eigenvalue weighted by Gasteiger charge is -2.23. The van der Waals surface area contributed by atoms with E-state index in [0.29, 0.717) is 18.9 Å². The second kappa shape index (κ2) is 23.5. The molecule has 1 saturated heterocycles. The molecule has 0 saturated carbocycles. The van der Waals surface area contributed by atoms with Gasteiger partial charge in [-0.15, -0.1) is 0 Å². The molecule has 2 unspecified atom stereocenters. The van der Waals surface area contributed by atoms with Gasteiger partial charge in [-0.3, -0.25) is 4.79 Å². The Bertz CT molecular complexity index is 591. The largest absolute Gasteiger partial charge is 0.462 e. The van der Waals surface area contributed by atoms with Crippen molar-refractivity contribution >= 4 is 11.9 Å². The highest BCUT2D eigenvalue weighted by Crippen LogP contribution is 2.22. The van der Waals surface area contributed by atoms with Crippen LogP contribution >= 0.6 is 0 Å².